The smallest absolute Gasteiger partial charge is 0.224 e. The third-order valence-electron chi connectivity index (χ3n) is 4.78. The zero-order valence-electron chi connectivity index (χ0n) is 16.7. The van der Waals surface area contributed by atoms with E-state index in [1.807, 2.05) is 29.3 Å². The quantitative estimate of drug-likeness (QED) is 0.678. The topological polar surface area (TPSA) is 101 Å². The van der Waals surface area contributed by atoms with E-state index in [4.69, 9.17) is 5.26 Å². The van der Waals surface area contributed by atoms with Gasteiger partial charge in [0.25, 0.3) is 0 Å². The third kappa shape index (κ3) is 4.03. The van der Waals surface area contributed by atoms with Crippen LogP contribution in [0.4, 0.5) is 5.69 Å². The number of nitrogens with zero attached hydrogens (tertiary/aromatic N) is 6. The number of aromatic nitrogens is 5. The number of nitriles is 1. The maximum absolute atomic E-state index is 12.4. The largest absolute Gasteiger partial charge is 0.325 e. The number of nitrogens with one attached hydrogen (secondary N) is 1. The SMILES string of the molecule is Cc1nn(CCC#N)c(C)c1CCC(=O)Nc1cnc2c(cnn2C(C)C)c1. The van der Waals surface area contributed by atoms with E-state index in [0.29, 0.717) is 31.5 Å². The minimum atomic E-state index is -0.0685. The molecule has 1 amide bonds. The molecule has 0 atom stereocenters. The van der Waals surface area contributed by atoms with Crippen molar-refractivity contribution >= 4 is 22.6 Å². The highest BCUT2D eigenvalue weighted by molar-refractivity contribution is 5.92. The maximum atomic E-state index is 12.4. The lowest BCUT2D eigenvalue weighted by Gasteiger charge is -2.08. The minimum absolute atomic E-state index is 0.0685. The number of hydrogen-bond donors (Lipinski definition) is 1. The lowest BCUT2D eigenvalue weighted by molar-refractivity contribution is -0.116. The van der Waals surface area contributed by atoms with E-state index in [9.17, 15) is 4.79 Å². The van der Waals surface area contributed by atoms with Crippen LogP contribution in [0, 0.1) is 25.2 Å². The Labute approximate surface area is 164 Å². The molecule has 0 radical (unpaired) electrons. The second kappa shape index (κ2) is 8.21. The number of hydrogen-bond acceptors (Lipinski definition) is 5. The number of rotatable bonds is 7. The first-order valence-corrected chi connectivity index (χ1v) is 9.43. The summed E-state index contributed by atoms with van der Waals surface area (Å²) in [4.78, 5) is 16.8. The fourth-order valence-electron chi connectivity index (χ4n) is 3.32. The minimum Gasteiger partial charge on any atom is -0.325 e. The number of fused-ring (bicyclic) bond motifs is 1. The van der Waals surface area contributed by atoms with Crippen molar-refractivity contribution in [1.82, 2.24) is 24.5 Å². The highest BCUT2D eigenvalue weighted by atomic mass is 16.1. The van der Waals surface area contributed by atoms with Crippen LogP contribution >= 0.6 is 0 Å². The van der Waals surface area contributed by atoms with E-state index in [1.54, 1.807) is 12.4 Å². The molecular weight excluding hydrogens is 354 g/mol. The number of carbonyl (C=O) groups is 1. The van der Waals surface area contributed by atoms with Crippen LogP contribution in [0.15, 0.2) is 18.5 Å². The average Bonchev–Trinajstić information content (AvgIpc) is 3.19. The van der Waals surface area contributed by atoms with E-state index >= 15 is 0 Å². The van der Waals surface area contributed by atoms with Gasteiger partial charge >= 0.3 is 0 Å². The Balaban J connectivity index is 1.64. The summed E-state index contributed by atoms with van der Waals surface area (Å²) >= 11 is 0. The van der Waals surface area contributed by atoms with Crippen molar-refractivity contribution in [2.24, 2.45) is 0 Å². The Bertz CT molecular complexity index is 1040. The number of aryl methyl sites for hydroxylation is 2. The Morgan fingerprint density at radius 1 is 1.32 bits per heavy atom. The fourth-order valence-corrected chi connectivity index (χ4v) is 3.32. The van der Waals surface area contributed by atoms with E-state index in [2.05, 4.69) is 40.4 Å². The molecule has 0 aliphatic rings. The molecule has 0 aromatic carbocycles. The van der Waals surface area contributed by atoms with Crippen LogP contribution in [0.3, 0.4) is 0 Å². The van der Waals surface area contributed by atoms with Crippen molar-refractivity contribution in [3.05, 3.63) is 35.4 Å². The maximum Gasteiger partial charge on any atom is 0.224 e. The van der Waals surface area contributed by atoms with Gasteiger partial charge in [-0.3, -0.25) is 9.48 Å². The van der Waals surface area contributed by atoms with Crippen LogP contribution in [0.1, 0.15) is 49.7 Å². The number of carbonyl (C=O) groups excluding carboxylic acids is 1. The lowest BCUT2D eigenvalue weighted by atomic mass is 10.1. The molecule has 28 heavy (non-hydrogen) atoms. The van der Waals surface area contributed by atoms with E-state index in [-0.39, 0.29) is 11.9 Å². The molecule has 8 heteroatoms. The molecule has 0 aliphatic heterocycles. The molecular formula is C20H25N7O. The summed E-state index contributed by atoms with van der Waals surface area (Å²) in [7, 11) is 0. The van der Waals surface area contributed by atoms with Gasteiger partial charge in [0.15, 0.2) is 5.65 Å². The van der Waals surface area contributed by atoms with Crippen molar-refractivity contribution in [3.63, 3.8) is 0 Å². The summed E-state index contributed by atoms with van der Waals surface area (Å²) in [6.45, 7) is 8.60. The van der Waals surface area contributed by atoms with Crippen LogP contribution in [0.2, 0.25) is 0 Å². The van der Waals surface area contributed by atoms with E-state index in [0.717, 1.165) is 28.0 Å². The molecule has 3 heterocycles. The highest BCUT2D eigenvalue weighted by Gasteiger charge is 2.14. The Hall–Kier alpha value is -3.21. The molecule has 3 aromatic heterocycles. The van der Waals surface area contributed by atoms with Crippen molar-refractivity contribution in [2.45, 2.75) is 59.5 Å². The molecule has 0 saturated carbocycles. The zero-order chi connectivity index (χ0) is 20.3. The summed E-state index contributed by atoms with van der Waals surface area (Å²) in [6, 6.07) is 4.25. The summed E-state index contributed by atoms with van der Waals surface area (Å²) in [5.74, 6) is -0.0685. The Morgan fingerprint density at radius 3 is 2.82 bits per heavy atom. The monoisotopic (exact) mass is 379 g/mol. The first kappa shape index (κ1) is 19.5. The summed E-state index contributed by atoms with van der Waals surface area (Å²) in [6.07, 6.45) is 4.81. The lowest BCUT2D eigenvalue weighted by Crippen LogP contribution is -2.13. The molecule has 146 valence electrons. The van der Waals surface area contributed by atoms with Gasteiger partial charge in [-0.1, -0.05) is 0 Å². The number of amides is 1. The van der Waals surface area contributed by atoms with Gasteiger partial charge in [0.05, 0.1) is 42.8 Å². The predicted octanol–water partition coefficient (Wildman–Crippen LogP) is 3.31. The van der Waals surface area contributed by atoms with Gasteiger partial charge in [-0.25, -0.2) is 9.67 Å². The molecule has 0 spiro atoms. The van der Waals surface area contributed by atoms with Crippen molar-refractivity contribution in [2.75, 3.05) is 5.32 Å². The van der Waals surface area contributed by atoms with Crippen molar-refractivity contribution in [1.29, 1.82) is 5.26 Å². The van der Waals surface area contributed by atoms with Gasteiger partial charge < -0.3 is 5.32 Å². The first-order chi connectivity index (χ1) is 13.4. The molecule has 0 unspecified atom stereocenters. The number of anilines is 1. The van der Waals surface area contributed by atoms with Gasteiger partial charge in [0, 0.05) is 23.5 Å². The average molecular weight is 379 g/mol. The zero-order valence-corrected chi connectivity index (χ0v) is 16.7. The van der Waals surface area contributed by atoms with Crippen LogP contribution in [-0.2, 0) is 17.8 Å². The van der Waals surface area contributed by atoms with Crippen LogP contribution in [0.5, 0.6) is 0 Å². The molecule has 0 saturated heterocycles. The first-order valence-electron chi connectivity index (χ1n) is 9.43. The van der Waals surface area contributed by atoms with E-state index < -0.39 is 0 Å². The number of pyridine rings is 1. The normalized spacial score (nSPS) is 11.1. The standard InChI is InChI=1S/C20H25N7O/c1-13(2)27-20-16(11-23-27)10-17(12-22-20)24-19(28)7-6-18-14(3)25-26(15(18)4)9-5-8-21/h10-13H,5-7,9H2,1-4H3,(H,24,28). The second-order valence-corrected chi connectivity index (χ2v) is 7.15. The van der Waals surface area contributed by atoms with Gasteiger partial charge in [-0.2, -0.15) is 15.5 Å². The van der Waals surface area contributed by atoms with Gasteiger partial charge in [-0.15, -0.1) is 0 Å². The van der Waals surface area contributed by atoms with Gasteiger partial charge in [0.2, 0.25) is 5.91 Å². The molecule has 0 bridgehead atoms. The molecule has 8 nitrogen and oxygen atoms in total. The van der Waals surface area contributed by atoms with Crippen LogP contribution in [-0.4, -0.2) is 30.5 Å². The molecule has 3 aromatic rings. The highest BCUT2D eigenvalue weighted by Crippen LogP contribution is 2.20. The summed E-state index contributed by atoms with van der Waals surface area (Å²) in [5.41, 5.74) is 4.47. The summed E-state index contributed by atoms with van der Waals surface area (Å²) < 4.78 is 3.70. The fraction of sp³-hybridized carbons (Fsp3) is 0.450. The van der Waals surface area contributed by atoms with Crippen molar-refractivity contribution in [3.8, 4) is 6.07 Å². The molecule has 3 rings (SSSR count). The third-order valence-corrected chi connectivity index (χ3v) is 4.78. The summed E-state index contributed by atoms with van der Waals surface area (Å²) in [5, 5.41) is 21.4. The Kier molecular flexibility index (Phi) is 5.73. The van der Waals surface area contributed by atoms with E-state index in [1.165, 1.54) is 0 Å². The van der Waals surface area contributed by atoms with Gasteiger partial charge in [0.1, 0.15) is 0 Å². The molecule has 0 aliphatic carbocycles. The second-order valence-electron chi connectivity index (χ2n) is 7.15. The molecule has 1 N–H and O–H groups in total. The van der Waals surface area contributed by atoms with Crippen molar-refractivity contribution < 1.29 is 4.79 Å². The van der Waals surface area contributed by atoms with Gasteiger partial charge in [-0.05, 0) is 45.7 Å². The Morgan fingerprint density at radius 2 is 2.11 bits per heavy atom. The van der Waals surface area contributed by atoms with Crippen LogP contribution < -0.4 is 5.32 Å². The van der Waals surface area contributed by atoms with Crippen LogP contribution in [0.25, 0.3) is 11.0 Å². The molecule has 0 fully saturated rings. The predicted molar refractivity (Wildman–Crippen MR) is 107 cm³/mol.